The Balaban J connectivity index is 2.41. The van der Waals surface area contributed by atoms with Gasteiger partial charge in [-0.1, -0.05) is 13.8 Å². The Morgan fingerprint density at radius 2 is 1.75 bits per heavy atom. The van der Waals surface area contributed by atoms with Gasteiger partial charge in [-0.3, -0.25) is 0 Å². The highest BCUT2D eigenvalue weighted by Gasteiger charge is 2.20. The normalized spacial score (nSPS) is 12.9. The molecule has 0 radical (unpaired) electrons. The molecular formula is C14H15F3N2S. The van der Waals surface area contributed by atoms with Crippen LogP contribution >= 0.6 is 11.3 Å². The van der Waals surface area contributed by atoms with E-state index in [2.05, 4.69) is 10.3 Å². The van der Waals surface area contributed by atoms with E-state index in [-0.39, 0.29) is 5.92 Å². The lowest BCUT2D eigenvalue weighted by Crippen LogP contribution is -2.18. The molecule has 0 amide bonds. The summed E-state index contributed by atoms with van der Waals surface area (Å²) in [6.45, 7) is 4.04. The van der Waals surface area contributed by atoms with Crippen LogP contribution in [0.4, 0.5) is 13.2 Å². The first-order valence-corrected chi connectivity index (χ1v) is 7.09. The van der Waals surface area contributed by atoms with Crippen LogP contribution in [0, 0.1) is 17.5 Å². The summed E-state index contributed by atoms with van der Waals surface area (Å²) in [4.78, 5) is 4.46. The Morgan fingerprint density at radius 3 is 2.20 bits per heavy atom. The van der Waals surface area contributed by atoms with Gasteiger partial charge in [-0.15, -0.1) is 11.3 Å². The molecule has 1 N–H and O–H groups in total. The van der Waals surface area contributed by atoms with Gasteiger partial charge in [0.05, 0.1) is 11.7 Å². The first-order valence-electron chi connectivity index (χ1n) is 6.21. The molecule has 1 aromatic heterocycles. The third-order valence-corrected chi connectivity index (χ3v) is 3.93. The summed E-state index contributed by atoms with van der Waals surface area (Å²) in [5.74, 6) is -3.56. The second-order valence-electron chi connectivity index (χ2n) is 4.79. The lowest BCUT2D eigenvalue weighted by atomic mass is 10.1. The number of thiazole rings is 1. The minimum absolute atomic E-state index is 0.277. The second kappa shape index (κ2) is 5.93. The summed E-state index contributed by atoms with van der Waals surface area (Å²) < 4.78 is 39.7. The average Bonchev–Trinajstić information content (AvgIpc) is 2.86. The second-order valence-corrected chi connectivity index (χ2v) is 5.68. The maximum absolute atomic E-state index is 13.3. The molecule has 1 heterocycles. The molecule has 0 aliphatic heterocycles. The fourth-order valence-electron chi connectivity index (χ4n) is 1.87. The van der Waals surface area contributed by atoms with Gasteiger partial charge in [-0.25, -0.2) is 18.2 Å². The molecule has 1 unspecified atom stereocenters. The Kier molecular flexibility index (Phi) is 4.45. The van der Waals surface area contributed by atoms with E-state index in [0.717, 1.165) is 17.8 Å². The molecule has 2 nitrogen and oxygen atoms in total. The summed E-state index contributed by atoms with van der Waals surface area (Å²) in [5, 5.41) is 5.57. The fourth-order valence-corrected chi connectivity index (χ4v) is 2.99. The van der Waals surface area contributed by atoms with Crippen LogP contribution < -0.4 is 5.32 Å². The molecule has 0 bridgehead atoms. The van der Waals surface area contributed by atoms with Crippen LogP contribution in [0.2, 0.25) is 0 Å². The number of aromatic nitrogens is 1. The largest absolute Gasteiger partial charge is 0.307 e. The van der Waals surface area contributed by atoms with Crippen molar-refractivity contribution in [2.24, 2.45) is 0 Å². The Labute approximate surface area is 119 Å². The van der Waals surface area contributed by atoms with Crippen molar-refractivity contribution in [3.05, 3.63) is 51.2 Å². The lowest BCUT2D eigenvalue weighted by Gasteiger charge is -2.14. The molecule has 0 fully saturated rings. The van der Waals surface area contributed by atoms with Crippen molar-refractivity contribution in [3.63, 3.8) is 0 Å². The van der Waals surface area contributed by atoms with Crippen LogP contribution in [-0.2, 0) is 0 Å². The maximum Gasteiger partial charge on any atom is 0.194 e. The standard InChI is InChI=1S/C14H15F3N2S/c1-7(2)11-6-20-14(19-11)13(18-3)8-4-9(15)12(17)10(16)5-8/h4-7,13,18H,1-3H3. The maximum atomic E-state index is 13.3. The highest BCUT2D eigenvalue weighted by molar-refractivity contribution is 7.09. The number of rotatable bonds is 4. The lowest BCUT2D eigenvalue weighted by molar-refractivity contribution is 0.443. The Hall–Kier alpha value is -1.40. The molecule has 0 aliphatic carbocycles. The van der Waals surface area contributed by atoms with Crippen molar-refractivity contribution in [3.8, 4) is 0 Å². The minimum Gasteiger partial charge on any atom is -0.307 e. The number of hydrogen-bond acceptors (Lipinski definition) is 3. The van der Waals surface area contributed by atoms with Gasteiger partial charge in [-0.05, 0) is 30.7 Å². The topological polar surface area (TPSA) is 24.9 Å². The predicted octanol–water partition coefficient (Wildman–Crippen LogP) is 3.99. The van der Waals surface area contributed by atoms with Gasteiger partial charge in [0.1, 0.15) is 5.01 Å². The van der Waals surface area contributed by atoms with Gasteiger partial charge in [0.15, 0.2) is 17.5 Å². The number of halogens is 3. The fraction of sp³-hybridized carbons (Fsp3) is 0.357. The monoisotopic (exact) mass is 300 g/mol. The molecule has 1 atom stereocenters. The van der Waals surface area contributed by atoms with E-state index in [0.29, 0.717) is 10.6 Å². The molecule has 2 rings (SSSR count). The first kappa shape index (κ1) is 15.0. The molecule has 0 spiro atoms. The van der Waals surface area contributed by atoms with E-state index in [4.69, 9.17) is 0 Å². The van der Waals surface area contributed by atoms with E-state index in [1.165, 1.54) is 11.3 Å². The van der Waals surface area contributed by atoms with Crippen LogP contribution in [0.3, 0.4) is 0 Å². The van der Waals surface area contributed by atoms with E-state index < -0.39 is 23.5 Å². The molecule has 6 heteroatoms. The average molecular weight is 300 g/mol. The summed E-state index contributed by atoms with van der Waals surface area (Å²) in [6, 6.07) is 1.53. The van der Waals surface area contributed by atoms with Gasteiger partial charge in [0.25, 0.3) is 0 Å². The SMILES string of the molecule is CNC(c1cc(F)c(F)c(F)c1)c1nc(C(C)C)cs1. The molecule has 1 aromatic carbocycles. The van der Waals surface area contributed by atoms with Crippen LogP contribution in [0.1, 0.15) is 42.1 Å². The van der Waals surface area contributed by atoms with Crippen molar-refractivity contribution in [1.29, 1.82) is 0 Å². The molecular weight excluding hydrogens is 285 g/mol. The molecule has 0 saturated heterocycles. The molecule has 0 saturated carbocycles. The number of hydrogen-bond donors (Lipinski definition) is 1. The van der Waals surface area contributed by atoms with Crippen LogP contribution in [-0.4, -0.2) is 12.0 Å². The summed E-state index contributed by atoms with van der Waals surface area (Å²) >= 11 is 1.41. The molecule has 108 valence electrons. The molecule has 20 heavy (non-hydrogen) atoms. The Morgan fingerprint density at radius 1 is 1.15 bits per heavy atom. The van der Waals surface area contributed by atoms with Gasteiger partial charge in [0, 0.05) is 5.38 Å². The van der Waals surface area contributed by atoms with Gasteiger partial charge < -0.3 is 5.32 Å². The molecule has 0 aliphatic rings. The quantitative estimate of drug-likeness (QED) is 0.864. The van der Waals surface area contributed by atoms with Crippen molar-refractivity contribution in [1.82, 2.24) is 10.3 Å². The minimum atomic E-state index is -1.45. The van der Waals surface area contributed by atoms with E-state index >= 15 is 0 Å². The van der Waals surface area contributed by atoms with E-state index in [1.807, 2.05) is 19.2 Å². The summed E-state index contributed by atoms with van der Waals surface area (Å²) in [6.07, 6.45) is 0. The number of nitrogens with zero attached hydrogens (tertiary/aromatic N) is 1. The van der Waals surface area contributed by atoms with Crippen molar-refractivity contribution >= 4 is 11.3 Å². The smallest absolute Gasteiger partial charge is 0.194 e. The van der Waals surface area contributed by atoms with Crippen LogP contribution in [0.25, 0.3) is 0 Å². The Bertz CT molecular complexity index is 587. The van der Waals surface area contributed by atoms with Crippen molar-refractivity contribution in [2.45, 2.75) is 25.8 Å². The number of nitrogens with one attached hydrogen (secondary N) is 1. The van der Waals surface area contributed by atoms with Crippen molar-refractivity contribution in [2.75, 3.05) is 7.05 Å². The summed E-state index contributed by atoms with van der Waals surface area (Å²) in [7, 11) is 1.67. The predicted molar refractivity (Wildman–Crippen MR) is 73.4 cm³/mol. The van der Waals surface area contributed by atoms with E-state index in [1.54, 1.807) is 7.05 Å². The summed E-state index contributed by atoms with van der Waals surface area (Å²) in [5.41, 5.74) is 1.24. The van der Waals surface area contributed by atoms with Gasteiger partial charge in [0.2, 0.25) is 0 Å². The van der Waals surface area contributed by atoms with Crippen LogP contribution in [0.5, 0.6) is 0 Å². The third kappa shape index (κ3) is 2.86. The zero-order valence-corrected chi connectivity index (χ0v) is 12.2. The number of benzene rings is 1. The van der Waals surface area contributed by atoms with Gasteiger partial charge >= 0.3 is 0 Å². The highest BCUT2D eigenvalue weighted by Crippen LogP contribution is 2.28. The molecule has 2 aromatic rings. The van der Waals surface area contributed by atoms with Gasteiger partial charge in [-0.2, -0.15) is 0 Å². The third-order valence-electron chi connectivity index (χ3n) is 3.01. The van der Waals surface area contributed by atoms with Crippen LogP contribution in [0.15, 0.2) is 17.5 Å². The highest BCUT2D eigenvalue weighted by atomic mass is 32.1. The zero-order valence-electron chi connectivity index (χ0n) is 11.4. The zero-order chi connectivity index (χ0) is 14.9. The first-order chi connectivity index (χ1) is 9.43. The van der Waals surface area contributed by atoms with Crippen molar-refractivity contribution < 1.29 is 13.2 Å². The van der Waals surface area contributed by atoms with E-state index in [9.17, 15) is 13.2 Å².